The van der Waals surface area contributed by atoms with E-state index in [9.17, 15) is 9.59 Å². The summed E-state index contributed by atoms with van der Waals surface area (Å²) in [6.45, 7) is 5.56. The normalized spacial score (nSPS) is 15.7. The number of para-hydroxylation sites is 1. The van der Waals surface area contributed by atoms with Crippen molar-refractivity contribution in [2.24, 2.45) is 0 Å². The third kappa shape index (κ3) is 5.72. The molecule has 0 saturated heterocycles. The van der Waals surface area contributed by atoms with E-state index in [2.05, 4.69) is 10.6 Å². The first-order chi connectivity index (χ1) is 15.7. The van der Waals surface area contributed by atoms with Gasteiger partial charge in [-0.25, -0.2) is 9.59 Å². The Morgan fingerprint density at radius 1 is 1.15 bits per heavy atom. The molecule has 0 bridgehead atoms. The summed E-state index contributed by atoms with van der Waals surface area (Å²) < 4.78 is 17.1. The molecular formula is C24H26Cl2N2O5. The second kappa shape index (κ2) is 10.8. The Hall–Kier alpha value is -2.90. The highest BCUT2D eigenvalue weighted by atomic mass is 35.5. The number of hydrogen-bond donors (Lipinski definition) is 2. The fourth-order valence-corrected chi connectivity index (χ4v) is 3.83. The highest BCUT2D eigenvalue weighted by Gasteiger charge is 2.36. The van der Waals surface area contributed by atoms with E-state index in [-0.39, 0.29) is 12.7 Å². The molecule has 0 aromatic heterocycles. The number of allylic oxidation sites excluding steroid dienone is 1. The summed E-state index contributed by atoms with van der Waals surface area (Å²) in [5.41, 5.74) is 2.16. The number of amides is 2. The van der Waals surface area contributed by atoms with Crippen molar-refractivity contribution in [3.05, 3.63) is 68.8 Å². The molecule has 0 fully saturated rings. The summed E-state index contributed by atoms with van der Waals surface area (Å²) in [6.07, 6.45) is 0.118. The smallest absolute Gasteiger partial charge is 0.338 e. The summed E-state index contributed by atoms with van der Waals surface area (Å²) in [5, 5.41) is 6.40. The largest absolute Gasteiger partial charge is 0.493 e. The first-order valence-corrected chi connectivity index (χ1v) is 11.3. The number of hydrogen-bond acceptors (Lipinski definition) is 5. The van der Waals surface area contributed by atoms with Crippen LogP contribution in [0.2, 0.25) is 10.0 Å². The summed E-state index contributed by atoms with van der Waals surface area (Å²) in [6, 6.07) is 9.28. The molecule has 0 saturated carbocycles. The van der Waals surface area contributed by atoms with Gasteiger partial charge in [0.25, 0.3) is 0 Å². The van der Waals surface area contributed by atoms with E-state index in [1.54, 1.807) is 50.2 Å². The predicted octanol–water partition coefficient (Wildman–Crippen LogP) is 5.55. The van der Waals surface area contributed by atoms with Crippen LogP contribution in [-0.4, -0.2) is 25.2 Å². The van der Waals surface area contributed by atoms with Crippen LogP contribution >= 0.6 is 23.2 Å². The second-order valence-electron chi connectivity index (χ2n) is 7.65. The van der Waals surface area contributed by atoms with E-state index in [0.29, 0.717) is 44.8 Å². The molecule has 2 amide bonds. The zero-order chi connectivity index (χ0) is 24.1. The van der Waals surface area contributed by atoms with Gasteiger partial charge in [0.1, 0.15) is 6.61 Å². The molecule has 7 nitrogen and oxygen atoms in total. The number of urea groups is 1. The summed E-state index contributed by atoms with van der Waals surface area (Å²) >= 11 is 12.1. The van der Waals surface area contributed by atoms with Crippen molar-refractivity contribution in [3.63, 3.8) is 0 Å². The Balaban J connectivity index is 2.05. The van der Waals surface area contributed by atoms with Gasteiger partial charge in [-0.2, -0.15) is 0 Å². The Kier molecular flexibility index (Phi) is 8.10. The molecule has 0 aliphatic carbocycles. The van der Waals surface area contributed by atoms with Gasteiger partial charge in [-0.3, -0.25) is 0 Å². The van der Waals surface area contributed by atoms with Crippen molar-refractivity contribution in [3.8, 4) is 11.5 Å². The van der Waals surface area contributed by atoms with Crippen LogP contribution in [0.4, 0.5) is 4.79 Å². The highest BCUT2D eigenvalue weighted by Crippen LogP contribution is 2.40. The lowest BCUT2D eigenvalue weighted by atomic mass is 9.93. The quantitative estimate of drug-likeness (QED) is 0.471. The molecule has 9 heteroatoms. The molecule has 2 N–H and O–H groups in total. The predicted molar refractivity (Wildman–Crippen MR) is 127 cm³/mol. The number of rotatable bonds is 8. The maximum Gasteiger partial charge on any atom is 0.338 e. The molecule has 2 aromatic rings. The highest BCUT2D eigenvalue weighted by molar-refractivity contribution is 6.42. The molecule has 1 aliphatic heterocycles. The molecule has 1 unspecified atom stereocenters. The molecule has 1 aliphatic rings. The number of methoxy groups -OCH3 is 1. The Morgan fingerprint density at radius 3 is 2.55 bits per heavy atom. The standard InChI is InChI=1S/C24H26Cl2N2O5/c1-5-18-20(23(29)33-13(2)3)21(28-24(30)27-18)15-7-6-8-19(31-4)22(15)32-12-14-9-10-16(25)17(26)11-14/h6-11,13,21H,5,12H2,1-4H3,(H2,27,28,30). The van der Waals surface area contributed by atoms with E-state index < -0.39 is 18.0 Å². The van der Waals surface area contributed by atoms with Crippen LogP contribution in [0, 0.1) is 0 Å². The summed E-state index contributed by atoms with van der Waals surface area (Å²) in [5.74, 6) is 0.330. The van der Waals surface area contributed by atoms with Crippen LogP contribution < -0.4 is 20.1 Å². The van der Waals surface area contributed by atoms with Crippen LogP contribution in [0.15, 0.2) is 47.7 Å². The molecule has 3 rings (SSSR count). The van der Waals surface area contributed by atoms with Crippen molar-refractivity contribution in [1.29, 1.82) is 0 Å². The van der Waals surface area contributed by atoms with Gasteiger partial charge < -0.3 is 24.8 Å². The minimum Gasteiger partial charge on any atom is -0.493 e. The van der Waals surface area contributed by atoms with Crippen molar-refractivity contribution < 1.29 is 23.8 Å². The second-order valence-corrected chi connectivity index (χ2v) is 8.46. The van der Waals surface area contributed by atoms with Gasteiger partial charge >= 0.3 is 12.0 Å². The maximum atomic E-state index is 13.0. The fourth-order valence-electron chi connectivity index (χ4n) is 3.51. The van der Waals surface area contributed by atoms with Gasteiger partial charge in [-0.1, -0.05) is 48.3 Å². The summed E-state index contributed by atoms with van der Waals surface area (Å²) in [7, 11) is 1.52. The lowest BCUT2D eigenvalue weighted by Gasteiger charge is -2.31. The van der Waals surface area contributed by atoms with Crippen LogP contribution in [0.5, 0.6) is 11.5 Å². The third-order valence-corrected chi connectivity index (χ3v) is 5.72. The lowest BCUT2D eigenvalue weighted by Crippen LogP contribution is -2.46. The van der Waals surface area contributed by atoms with Crippen LogP contribution in [0.3, 0.4) is 0 Å². The number of benzene rings is 2. The van der Waals surface area contributed by atoms with Gasteiger partial charge in [0.05, 0.1) is 34.9 Å². The lowest BCUT2D eigenvalue weighted by molar-refractivity contribution is -0.143. The molecule has 33 heavy (non-hydrogen) atoms. The molecule has 0 radical (unpaired) electrons. The number of carbonyl (C=O) groups is 2. The first-order valence-electron chi connectivity index (χ1n) is 10.5. The Morgan fingerprint density at radius 2 is 1.91 bits per heavy atom. The number of halogens is 2. The summed E-state index contributed by atoms with van der Waals surface area (Å²) in [4.78, 5) is 25.4. The van der Waals surface area contributed by atoms with Crippen molar-refractivity contribution in [2.45, 2.75) is 45.9 Å². The van der Waals surface area contributed by atoms with E-state index in [0.717, 1.165) is 5.56 Å². The number of carbonyl (C=O) groups excluding carboxylic acids is 2. The molecule has 176 valence electrons. The topological polar surface area (TPSA) is 85.9 Å². The number of ether oxygens (including phenoxy) is 3. The SMILES string of the molecule is CCC1=C(C(=O)OC(C)C)C(c2cccc(OC)c2OCc2ccc(Cl)c(Cl)c2)NC(=O)N1. The van der Waals surface area contributed by atoms with Gasteiger partial charge in [-0.05, 0) is 44.0 Å². The molecule has 1 atom stereocenters. The molecular weight excluding hydrogens is 467 g/mol. The minimum atomic E-state index is -0.793. The number of nitrogens with one attached hydrogen (secondary N) is 2. The van der Waals surface area contributed by atoms with E-state index >= 15 is 0 Å². The van der Waals surface area contributed by atoms with Crippen molar-refractivity contribution in [1.82, 2.24) is 10.6 Å². The maximum absolute atomic E-state index is 13.0. The van der Waals surface area contributed by atoms with Gasteiger partial charge in [0.2, 0.25) is 0 Å². The zero-order valence-corrected chi connectivity index (χ0v) is 20.3. The Labute approximate surface area is 203 Å². The van der Waals surface area contributed by atoms with Crippen LogP contribution in [-0.2, 0) is 16.1 Å². The minimum absolute atomic E-state index is 0.166. The van der Waals surface area contributed by atoms with Crippen molar-refractivity contribution in [2.75, 3.05) is 7.11 Å². The van der Waals surface area contributed by atoms with Gasteiger partial charge in [-0.15, -0.1) is 0 Å². The van der Waals surface area contributed by atoms with Crippen molar-refractivity contribution >= 4 is 35.2 Å². The van der Waals surface area contributed by atoms with Gasteiger partial charge in [0.15, 0.2) is 11.5 Å². The average Bonchev–Trinajstić information content (AvgIpc) is 2.78. The third-order valence-electron chi connectivity index (χ3n) is 4.98. The van der Waals surface area contributed by atoms with Gasteiger partial charge in [0, 0.05) is 11.3 Å². The van der Waals surface area contributed by atoms with Crippen LogP contribution in [0.25, 0.3) is 0 Å². The molecule has 2 aromatic carbocycles. The van der Waals surface area contributed by atoms with E-state index in [4.69, 9.17) is 37.4 Å². The monoisotopic (exact) mass is 492 g/mol. The van der Waals surface area contributed by atoms with E-state index in [1.165, 1.54) is 7.11 Å². The first kappa shape index (κ1) is 24.7. The molecule has 1 heterocycles. The fraction of sp³-hybridized carbons (Fsp3) is 0.333. The van der Waals surface area contributed by atoms with E-state index in [1.807, 2.05) is 6.92 Å². The molecule has 0 spiro atoms. The van der Waals surface area contributed by atoms with Crippen LogP contribution in [0.1, 0.15) is 44.4 Å². The zero-order valence-electron chi connectivity index (χ0n) is 18.8. The average molecular weight is 493 g/mol. The number of esters is 1. The Bertz CT molecular complexity index is 1080.